The van der Waals surface area contributed by atoms with Crippen molar-refractivity contribution in [1.29, 1.82) is 0 Å². The van der Waals surface area contributed by atoms with Gasteiger partial charge < -0.3 is 9.26 Å². The van der Waals surface area contributed by atoms with Crippen molar-refractivity contribution in [3.05, 3.63) is 12.2 Å². The Morgan fingerprint density at radius 1 is 1.53 bits per heavy atom. The lowest BCUT2D eigenvalue weighted by Gasteiger charge is -2.18. The maximum absolute atomic E-state index is 12.5. The van der Waals surface area contributed by atoms with Crippen LogP contribution in [0.4, 0.5) is 13.2 Å². The number of carbonyl (C=O) groups excluding carboxylic acids is 1. The summed E-state index contributed by atoms with van der Waals surface area (Å²) in [4.78, 5) is 14.6. The first-order valence-electron chi connectivity index (χ1n) is 4.95. The molecule has 2 rings (SSSR count). The van der Waals surface area contributed by atoms with Crippen molar-refractivity contribution in [2.45, 2.75) is 25.4 Å². The second-order valence-electron chi connectivity index (χ2n) is 3.92. The minimum Gasteiger partial charge on any atom is -0.460 e. The fourth-order valence-corrected chi connectivity index (χ4v) is 1.49. The molecule has 94 valence electrons. The van der Waals surface area contributed by atoms with E-state index < -0.39 is 17.6 Å². The number of hydrogen-bond acceptors (Lipinski definition) is 5. The van der Waals surface area contributed by atoms with Crippen molar-refractivity contribution in [1.82, 2.24) is 10.1 Å². The van der Waals surface area contributed by atoms with Crippen molar-refractivity contribution >= 4 is 5.97 Å². The predicted octanol–water partition coefficient (Wildman–Crippen LogP) is 1.96. The number of aromatic nitrogens is 2. The minimum atomic E-state index is -4.23. The summed E-state index contributed by atoms with van der Waals surface area (Å²) in [5.74, 6) is -1.17. The van der Waals surface area contributed by atoms with Gasteiger partial charge in [-0.3, -0.25) is 0 Å². The number of nitrogens with zero attached hydrogens (tertiary/aromatic N) is 2. The zero-order valence-electron chi connectivity index (χ0n) is 8.66. The number of alkyl halides is 3. The number of halogens is 3. The Kier molecular flexibility index (Phi) is 2.80. The van der Waals surface area contributed by atoms with Gasteiger partial charge in [0.25, 0.3) is 5.82 Å². The highest BCUT2D eigenvalue weighted by molar-refractivity contribution is 5.84. The molecule has 0 bridgehead atoms. The first kappa shape index (κ1) is 11.9. The van der Waals surface area contributed by atoms with Crippen molar-refractivity contribution < 1.29 is 27.2 Å². The molecule has 0 aromatic carbocycles. The minimum absolute atomic E-state index is 0.0935. The zero-order valence-corrected chi connectivity index (χ0v) is 8.66. The lowest BCUT2D eigenvalue weighted by molar-refractivity contribution is -0.190. The summed E-state index contributed by atoms with van der Waals surface area (Å²) in [6.45, 7) is -0.299. The smallest absolute Gasteiger partial charge is 0.394 e. The van der Waals surface area contributed by atoms with E-state index in [1.54, 1.807) is 0 Å². The van der Waals surface area contributed by atoms with Gasteiger partial charge in [0.1, 0.15) is 0 Å². The second kappa shape index (κ2) is 4.01. The molecule has 1 aromatic rings. The topological polar surface area (TPSA) is 65.2 Å². The van der Waals surface area contributed by atoms with E-state index >= 15 is 0 Å². The van der Waals surface area contributed by atoms with E-state index in [1.165, 1.54) is 0 Å². The van der Waals surface area contributed by atoms with Crippen LogP contribution in [0.15, 0.2) is 10.9 Å². The third-order valence-electron chi connectivity index (χ3n) is 2.81. The van der Waals surface area contributed by atoms with Gasteiger partial charge in [0.05, 0.1) is 12.0 Å². The SMILES string of the molecule is O=C(OCCC1(C(F)(F)F)CC1)c1ncon1. The van der Waals surface area contributed by atoms with Crippen LogP contribution in [0.5, 0.6) is 0 Å². The molecule has 0 atom stereocenters. The first-order valence-corrected chi connectivity index (χ1v) is 4.95. The fraction of sp³-hybridized carbons (Fsp3) is 0.667. The Hall–Kier alpha value is -1.60. The van der Waals surface area contributed by atoms with E-state index in [2.05, 4.69) is 19.4 Å². The normalized spacial score (nSPS) is 17.8. The third-order valence-corrected chi connectivity index (χ3v) is 2.81. The summed E-state index contributed by atoms with van der Waals surface area (Å²) < 4.78 is 46.5. The van der Waals surface area contributed by atoms with Crippen LogP contribution in [-0.4, -0.2) is 28.9 Å². The summed E-state index contributed by atoms with van der Waals surface area (Å²) in [5.41, 5.74) is -1.66. The van der Waals surface area contributed by atoms with Crippen LogP contribution >= 0.6 is 0 Å². The number of rotatable bonds is 4. The van der Waals surface area contributed by atoms with Gasteiger partial charge in [-0.15, -0.1) is 0 Å². The van der Waals surface area contributed by atoms with Crippen molar-refractivity contribution in [3.8, 4) is 0 Å². The van der Waals surface area contributed by atoms with E-state index in [0.717, 1.165) is 6.39 Å². The predicted molar refractivity (Wildman–Crippen MR) is 46.9 cm³/mol. The van der Waals surface area contributed by atoms with Crippen LogP contribution in [0.3, 0.4) is 0 Å². The van der Waals surface area contributed by atoms with E-state index in [1.807, 2.05) is 0 Å². The van der Waals surface area contributed by atoms with Gasteiger partial charge in [-0.25, -0.2) is 4.79 Å². The summed E-state index contributed by atoms with van der Waals surface area (Å²) in [5, 5.41) is 3.21. The molecule has 1 saturated carbocycles. The average Bonchev–Trinajstić information content (AvgIpc) is 2.85. The molecule has 0 amide bonds. The first-order chi connectivity index (χ1) is 7.95. The van der Waals surface area contributed by atoms with E-state index in [9.17, 15) is 18.0 Å². The molecule has 1 aromatic heterocycles. The molecule has 1 heterocycles. The van der Waals surface area contributed by atoms with Crippen LogP contribution in [0, 0.1) is 5.41 Å². The Bertz CT molecular complexity index is 398. The maximum atomic E-state index is 12.5. The van der Waals surface area contributed by atoms with Gasteiger partial charge >= 0.3 is 12.1 Å². The molecule has 17 heavy (non-hydrogen) atoms. The van der Waals surface area contributed by atoms with Gasteiger partial charge in [0, 0.05) is 0 Å². The molecule has 0 saturated heterocycles. The highest BCUT2D eigenvalue weighted by Gasteiger charge is 2.62. The molecule has 0 aliphatic heterocycles. The molecule has 5 nitrogen and oxygen atoms in total. The average molecular weight is 250 g/mol. The standard InChI is InChI=1S/C9H9F3N2O3/c10-9(11,12)8(1-2-8)3-4-16-7(15)6-13-5-17-14-6/h5H,1-4H2. The molecule has 0 N–H and O–H groups in total. The van der Waals surface area contributed by atoms with Gasteiger partial charge in [-0.1, -0.05) is 5.16 Å². The molecular weight excluding hydrogens is 241 g/mol. The molecule has 1 fully saturated rings. The van der Waals surface area contributed by atoms with Crippen molar-refractivity contribution in [3.63, 3.8) is 0 Å². The van der Waals surface area contributed by atoms with E-state index in [4.69, 9.17) is 0 Å². The lowest BCUT2D eigenvalue weighted by Crippen LogP contribution is -2.26. The molecule has 0 spiro atoms. The molecule has 8 heteroatoms. The van der Waals surface area contributed by atoms with E-state index in [0.29, 0.717) is 0 Å². The van der Waals surface area contributed by atoms with Crippen molar-refractivity contribution in [2.24, 2.45) is 5.41 Å². The van der Waals surface area contributed by atoms with Crippen LogP contribution in [0.1, 0.15) is 29.9 Å². The molecular formula is C9H9F3N2O3. The number of hydrogen-bond donors (Lipinski definition) is 0. The Balaban J connectivity index is 1.79. The third kappa shape index (κ3) is 2.40. The van der Waals surface area contributed by atoms with Gasteiger partial charge in [0.15, 0.2) is 0 Å². The summed E-state index contributed by atoms with van der Waals surface area (Å²) in [6, 6.07) is 0. The number of ether oxygens (including phenoxy) is 1. The Morgan fingerprint density at radius 2 is 2.24 bits per heavy atom. The Labute approximate surface area is 93.9 Å². The zero-order chi connectivity index (χ0) is 12.5. The summed E-state index contributed by atoms with van der Waals surface area (Å²) >= 11 is 0. The van der Waals surface area contributed by atoms with Crippen LogP contribution in [0.2, 0.25) is 0 Å². The quantitative estimate of drug-likeness (QED) is 0.764. The molecule has 1 aliphatic carbocycles. The Morgan fingerprint density at radius 3 is 2.71 bits per heavy atom. The van der Waals surface area contributed by atoms with Gasteiger partial charge in [-0.05, 0) is 19.3 Å². The van der Waals surface area contributed by atoms with E-state index in [-0.39, 0.29) is 31.7 Å². The van der Waals surface area contributed by atoms with Crippen LogP contribution in [0.25, 0.3) is 0 Å². The van der Waals surface area contributed by atoms with Crippen LogP contribution in [-0.2, 0) is 4.74 Å². The summed E-state index contributed by atoms with van der Waals surface area (Å²) in [6.07, 6.45) is -3.33. The van der Waals surface area contributed by atoms with Crippen molar-refractivity contribution in [2.75, 3.05) is 6.61 Å². The number of esters is 1. The van der Waals surface area contributed by atoms with Gasteiger partial charge in [-0.2, -0.15) is 18.2 Å². The second-order valence-corrected chi connectivity index (χ2v) is 3.92. The van der Waals surface area contributed by atoms with Gasteiger partial charge in [0.2, 0.25) is 6.39 Å². The highest BCUT2D eigenvalue weighted by Crippen LogP contribution is 2.59. The lowest BCUT2D eigenvalue weighted by atomic mass is 10.0. The summed E-state index contributed by atoms with van der Waals surface area (Å²) in [7, 11) is 0. The largest absolute Gasteiger partial charge is 0.460 e. The molecule has 0 radical (unpaired) electrons. The molecule has 1 aliphatic rings. The highest BCUT2D eigenvalue weighted by atomic mass is 19.4. The number of carbonyl (C=O) groups is 1. The fourth-order valence-electron chi connectivity index (χ4n) is 1.49. The molecule has 0 unspecified atom stereocenters. The maximum Gasteiger partial charge on any atom is 0.394 e. The monoisotopic (exact) mass is 250 g/mol. The van der Waals surface area contributed by atoms with Crippen LogP contribution < -0.4 is 0 Å².